The number of aryl methyl sites for hydroxylation is 2. The second-order valence-electron chi connectivity index (χ2n) is 6.40. The minimum atomic E-state index is -0.0849. The van der Waals surface area contributed by atoms with E-state index in [1.165, 1.54) is 40.0 Å². The molecule has 9 heteroatoms. The molecule has 0 aliphatic heterocycles. The summed E-state index contributed by atoms with van der Waals surface area (Å²) in [6.45, 7) is 4.32. The van der Waals surface area contributed by atoms with Gasteiger partial charge in [0.2, 0.25) is 11.0 Å². The number of thioether (sulfide) groups is 1. The van der Waals surface area contributed by atoms with E-state index in [9.17, 15) is 4.79 Å². The number of nitrogens with one attached hydrogen (secondary N) is 1. The van der Waals surface area contributed by atoms with Crippen molar-refractivity contribution in [1.82, 2.24) is 20.2 Å². The summed E-state index contributed by atoms with van der Waals surface area (Å²) in [5.41, 5.74) is 1.39. The van der Waals surface area contributed by atoms with Crippen LogP contribution in [0.1, 0.15) is 35.7 Å². The van der Waals surface area contributed by atoms with Crippen LogP contribution in [0.4, 0.5) is 5.13 Å². The van der Waals surface area contributed by atoms with Crippen molar-refractivity contribution in [3.63, 3.8) is 0 Å². The van der Waals surface area contributed by atoms with Crippen molar-refractivity contribution in [1.29, 1.82) is 0 Å². The molecule has 0 bridgehead atoms. The molecule has 0 saturated carbocycles. The first kappa shape index (κ1) is 17.8. The van der Waals surface area contributed by atoms with Gasteiger partial charge in [-0.25, -0.2) is 9.97 Å². The summed E-state index contributed by atoms with van der Waals surface area (Å²) in [6, 6.07) is 0. The van der Waals surface area contributed by atoms with Crippen LogP contribution in [0.5, 0.6) is 0 Å². The molecule has 1 amide bonds. The zero-order chi connectivity index (χ0) is 18.1. The third kappa shape index (κ3) is 3.60. The predicted molar refractivity (Wildman–Crippen MR) is 107 cm³/mol. The van der Waals surface area contributed by atoms with E-state index in [0.717, 1.165) is 45.4 Å². The number of nitrogens with zero attached hydrogens (tertiary/aromatic N) is 4. The largest absolute Gasteiger partial charge is 0.300 e. The quantitative estimate of drug-likeness (QED) is 0.511. The van der Waals surface area contributed by atoms with E-state index in [2.05, 4.69) is 32.4 Å². The Morgan fingerprint density at radius 1 is 1.35 bits per heavy atom. The molecule has 3 aromatic rings. The molecule has 1 aliphatic carbocycles. The Hall–Kier alpha value is -1.58. The highest BCUT2D eigenvalue weighted by Crippen LogP contribution is 2.40. The maximum absolute atomic E-state index is 12.3. The van der Waals surface area contributed by atoms with Gasteiger partial charge in [-0.05, 0) is 37.2 Å². The van der Waals surface area contributed by atoms with E-state index in [0.29, 0.717) is 10.9 Å². The van der Waals surface area contributed by atoms with Gasteiger partial charge in [-0.1, -0.05) is 36.9 Å². The molecule has 1 unspecified atom stereocenters. The van der Waals surface area contributed by atoms with Crippen LogP contribution in [0.3, 0.4) is 0 Å². The zero-order valence-corrected chi connectivity index (χ0v) is 17.1. The Balaban J connectivity index is 1.49. The lowest BCUT2D eigenvalue weighted by Gasteiger charge is -2.18. The maximum Gasteiger partial charge on any atom is 0.236 e. The minimum absolute atomic E-state index is 0.0849. The molecule has 1 N–H and O–H groups in total. The van der Waals surface area contributed by atoms with Crippen molar-refractivity contribution in [3.05, 3.63) is 21.8 Å². The van der Waals surface area contributed by atoms with Crippen LogP contribution in [0.2, 0.25) is 0 Å². The fraction of sp³-hybridized carbons (Fsp3) is 0.471. The van der Waals surface area contributed by atoms with Crippen molar-refractivity contribution in [2.45, 2.75) is 44.6 Å². The van der Waals surface area contributed by atoms with Crippen LogP contribution >= 0.6 is 34.4 Å². The first-order valence-electron chi connectivity index (χ1n) is 8.64. The van der Waals surface area contributed by atoms with Crippen LogP contribution in [0.25, 0.3) is 10.2 Å². The normalized spacial score (nSPS) is 16.6. The highest BCUT2D eigenvalue weighted by molar-refractivity contribution is 8.00. The van der Waals surface area contributed by atoms with E-state index >= 15 is 0 Å². The van der Waals surface area contributed by atoms with Gasteiger partial charge < -0.3 is 0 Å². The van der Waals surface area contributed by atoms with Gasteiger partial charge in [0.15, 0.2) is 0 Å². The summed E-state index contributed by atoms with van der Waals surface area (Å²) >= 11 is 4.66. The Morgan fingerprint density at radius 3 is 3.04 bits per heavy atom. The van der Waals surface area contributed by atoms with Gasteiger partial charge in [0.05, 0.1) is 5.75 Å². The smallest absolute Gasteiger partial charge is 0.236 e. The number of hydrogen-bond donors (Lipinski definition) is 1. The van der Waals surface area contributed by atoms with E-state index in [1.807, 2.05) is 6.92 Å². The van der Waals surface area contributed by atoms with Gasteiger partial charge in [0.1, 0.15) is 21.2 Å². The molecule has 0 fully saturated rings. The lowest BCUT2D eigenvalue weighted by molar-refractivity contribution is -0.113. The van der Waals surface area contributed by atoms with Crippen molar-refractivity contribution in [2.24, 2.45) is 5.92 Å². The second kappa shape index (κ2) is 7.58. The fourth-order valence-electron chi connectivity index (χ4n) is 3.09. The lowest BCUT2D eigenvalue weighted by atomic mass is 9.89. The molecule has 1 atom stereocenters. The van der Waals surface area contributed by atoms with Gasteiger partial charge in [-0.2, -0.15) is 0 Å². The fourth-order valence-corrected chi connectivity index (χ4v) is 6.03. The van der Waals surface area contributed by atoms with Gasteiger partial charge in [0, 0.05) is 10.3 Å². The second-order valence-corrected chi connectivity index (χ2v) is 9.51. The number of amides is 1. The monoisotopic (exact) mass is 405 g/mol. The van der Waals surface area contributed by atoms with Gasteiger partial charge >= 0.3 is 0 Å². The molecule has 0 spiro atoms. The molecular formula is C17H19N5OS3. The molecule has 26 heavy (non-hydrogen) atoms. The Bertz CT molecular complexity index is 951. The molecule has 1 aliphatic rings. The van der Waals surface area contributed by atoms with E-state index < -0.39 is 0 Å². The minimum Gasteiger partial charge on any atom is -0.300 e. The number of carbonyl (C=O) groups excluding carboxylic acids is 1. The van der Waals surface area contributed by atoms with Crippen LogP contribution in [0.15, 0.2) is 11.4 Å². The number of thiophene rings is 1. The van der Waals surface area contributed by atoms with Gasteiger partial charge in [-0.15, -0.1) is 21.5 Å². The Kier molecular flexibility index (Phi) is 5.19. The third-order valence-corrected chi connectivity index (χ3v) is 7.55. The Labute approximate surface area is 163 Å². The highest BCUT2D eigenvalue weighted by Gasteiger charge is 2.23. The molecule has 6 nitrogen and oxygen atoms in total. The van der Waals surface area contributed by atoms with E-state index in [4.69, 9.17) is 0 Å². The third-order valence-electron chi connectivity index (χ3n) is 4.41. The molecule has 136 valence electrons. The predicted octanol–water partition coefficient (Wildman–Crippen LogP) is 3.96. The number of hydrogen-bond acceptors (Lipinski definition) is 8. The van der Waals surface area contributed by atoms with Crippen molar-refractivity contribution in [2.75, 3.05) is 11.1 Å². The number of anilines is 1. The van der Waals surface area contributed by atoms with Crippen LogP contribution < -0.4 is 5.32 Å². The summed E-state index contributed by atoms with van der Waals surface area (Å²) in [6.07, 6.45) is 5.83. The van der Waals surface area contributed by atoms with E-state index in [-0.39, 0.29) is 5.91 Å². The van der Waals surface area contributed by atoms with Gasteiger partial charge in [-0.3, -0.25) is 10.1 Å². The summed E-state index contributed by atoms with van der Waals surface area (Å²) < 4.78 is 0. The summed E-state index contributed by atoms with van der Waals surface area (Å²) in [5.74, 6) is 0.942. The number of fused-ring (bicyclic) bond motifs is 3. The number of rotatable bonds is 5. The average Bonchev–Trinajstić information content (AvgIpc) is 3.23. The molecule has 0 aromatic carbocycles. The van der Waals surface area contributed by atoms with Crippen LogP contribution in [-0.2, 0) is 24.1 Å². The van der Waals surface area contributed by atoms with Crippen molar-refractivity contribution >= 4 is 55.7 Å². The molecule has 0 saturated heterocycles. The number of carbonyl (C=O) groups is 1. The Morgan fingerprint density at radius 2 is 2.23 bits per heavy atom. The van der Waals surface area contributed by atoms with E-state index in [1.54, 1.807) is 17.7 Å². The maximum atomic E-state index is 12.3. The standard InChI is InChI=1S/C17H19N5OS3/c1-3-13-21-22-17(26-13)20-12(23)7-24-15-14-10-5-4-9(2)6-11(10)25-16(14)19-8-18-15/h8-9H,3-7H2,1-2H3,(H,20,22,23). The topological polar surface area (TPSA) is 80.7 Å². The van der Waals surface area contributed by atoms with Crippen LogP contribution in [-0.4, -0.2) is 31.8 Å². The molecule has 4 rings (SSSR count). The first-order valence-corrected chi connectivity index (χ1v) is 11.3. The lowest BCUT2D eigenvalue weighted by Crippen LogP contribution is -2.14. The van der Waals surface area contributed by atoms with Gasteiger partial charge in [0.25, 0.3) is 0 Å². The zero-order valence-electron chi connectivity index (χ0n) is 14.6. The average molecular weight is 406 g/mol. The summed E-state index contributed by atoms with van der Waals surface area (Å²) in [7, 11) is 0. The molecule has 3 aromatic heterocycles. The number of aromatic nitrogens is 4. The first-order chi connectivity index (χ1) is 12.6. The van der Waals surface area contributed by atoms with Crippen molar-refractivity contribution in [3.8, 4) is 0 Å². The molecular weight excluding hydrogens is 386 g/mol. The summed E-state index contributed by atoms with van der Waals surface area (Å²) in [5, 5.41) is 14.4. The SMILES string of the molecule is CCc1nnc(NC(=O)CSc2ncnc3sc4c(c23)CCC(C)C4)s1. The molecule has 0 radical (unpaired) electrons. The van der Waals surface area contributed by atoms with Crippen LogP contribution in [0, 0.1) is 5.92 Å². The highest BCUT2D eigenvalue weighted by atomic mass is 32.2. The molecule has 3 heterocycles. The van der Waals surface area contributed by atoms with Crippen molar-refractivity contribution < 1.29 is 4.79 Å². The summed E-state index contributed by atoms with van der Waals surface area (Å²) in [4.78, 5) is 23.6.